The molecule has 2 aromatic carbocycles. The van der Waals surface area contributed by atoms with Crippen molar-refractivity contribution in [1.82, 2.24) is 5.32 Å². The third kappa shape index (κ3) is 5.20. The van der Waals surface area contributed by atoms with Crippen LogP contribution in [-0.4, -0.2) is 20.3 Å². The summed E-state index contributed by atoms with van der Waals surface area (Å²) in [6.45, 7) is 2.24. The molecule has 1 N–H and O–H groups in total. The van der Waals surface area contributed by atoms with Gasteiger partial charge in [-0.3, -0.25) is 0 Å². The maximum absolute atomic E-state index is 6.22. The molecule has 112 valence electrons. The first kappa shape index (κ1) is 16.7. The molecule has 5 heteroatoms. The molecule has 0 radical (unpaired) electrons. The van der Waals surface area contributed by atoms with E-state index in [0.29, 0.717) is 6.61 Å². The Kier molecular flexibility index (Phi) is 6.87. The van der Waals surface area contributed by atoms with Crippen LogP contribution in [0.15, 0.2) is 52.3 Å². The summed E-state index contributed by atoms with van der Waals surface area (Å²) in [6, 6.07) is 13.8. The van der Waals surface area contributed by atoms with Gasteiger partial charge in [-0.2, -0.15) is 0 Å². The van der Waals surface area contributed by atoms with E-state index in [4.69, 9.17) is 27.9 Å². The predicted octanol–water partition coefficient (Wildman–Crippen LogP) is 4.88. The van der Waals surface area contributed by atoms with E-state index in [9.17, 15) is 0 Å². The van der Waals surface area contributed by atoms with Crippen LogP contribution in [0.5, 0.6) is 0 Å². The largest absolute Gasteiger partial charge is 0.383 e. The minimum atomic E-state index is 0.688. The minimum absolute atomic E-state index is 0.688. The summed E-state index contributed by atoms with van der Waals surface area (Å²) in [6.07, 6.45) is 0. The Morgan fingerprint density at radius 3 is 2.67 bits per heavy atom. The van der Waals surface area contributed by atoms with Crippen molar-refractivity contribution < 1.29 is 4.74 Å². The number of hydrogen-bond donors (Lipinski definition) is 1. The fraction of sp³-hybridized carbons (Fsp3) is 0.250. The van der Waals surface area contributed by atoms with Crippen molar-refractivity contribution in [3.05, 3.63) is 58.1 Å². The number of methoxy groups -OCH3 is 1. The third-order valence-corrected chi connectivity index (χ3v) is 4.75. The summed E-state index contributed by atoms with van der Waals surface area (Å²) in [7, 11) is 1.69. The van der Waals surface area contributed by atoms with Crippen molar-refractivity contribution >= 4 is 35.0 Å². The van der Waals surface area contributed by atoms with Crippen LogP contribution in [0.2, 0.25) is 10.0 Å². The Morgan fingerprint density at radius 1 is 1.10 bits per heavy atom. The molecule has 21 heavy (non-hydrogen) atoms. The molecule has 2 aromatic rings. The zero-order valence-electron chi connectivity index (χ0n) is 11.7. The van der Waals surface area contributed by atoms with Crippen LogP contribution in [0.3, 0.4) is 0 Å². The molecule has 0 aliphatic heterocycles. The summed E-state index contributed by atoms with van der Waals surface area (Å²) in [5, 5.41) is 4.84. The highest BCUT2D eigenvalue weighted by atomic mass is 35.5. The molecule has 0 spiro atoms. The smallest absolute Gasteiger partial charge is 0.0587 e. The molecule has 0 fully saturated rings. The molecule has 0 bridgehead atoms. The quantitative estimate of drug-likeness (QED) is 0.725. The first-order valence-corrected chi connectivity index (χ1v) is 8.18. The highest BCUT2D eigenvalue weighted by Gasteiger charge is 2.07. The lowest BCUT2D eigenvalue weighted by Crippen LogP contribution is -2.18. The topological polar surface area (TPSA) is 21.3 Å². The average Bonchev–Trinajstić information content (AvgIpc) is 2.48. The number of nitrogens with one attached hydrogen (secondary N) is 1. The van der Waals surface area contributed by atoms with Crippen molar-refractivity contribution in [3.63, 3.8) is 0 Å². The molecule has 0 atom stereocenters. The lowest BCUT2D eigenvalue weighted by molar-refractivity contribution is 0.199. The van der Waals surface area contributed by atoms with Gasteiger partial charge < -0.3 is 10.1 Å². The van der Waals surface area contributed by atoms with Crippen LogP contribution in [0, 0.1) is 0 Å². The van der Waals surface area contributed by atoms with Gasteiger partial charge in [-0.15, -0.1) is 0 Å². The van der Waals surface area contributed by atoms with Crippen LogP contribution in [0.4, 0.5) is 0 Å². The van der Waals surface area contributed by atoms with Crippen molar-refractivity contribution in [2.45, 2.75) is 16.3 Å². The van der Waals surface area contributed by atoms with Gasteiger partial charge >= 0.3 is 0 Å². The normalized spacial score (nSPS) is 10.8. The van der Waals surface area contributed by atoms with Crippen molar-refractivity contribution in [1.29, 1.82) is 0 Å². The molecule has 0 saturated heterocycles. The maximum Gasteiger partial charge on any atom is 0.0587 e. The number of benzene rings is 2. The fourth-order valence-electron chi connectivity index (χ4n) is 1.83. The molecule has 0 heterocycles. The highest BCUT2D eigenvalue weighted by Crippen LogP contribution is 2.35. The Hall–Kier alpha value is -0.710. The molecule has 2 nitrogen and oxygen atoms in total. The van der Waals surface area contributed by atoms with E-state index in [1.54, 1.807) is 18.9 Å². The molecule has 0 aliphatic carbocycles. The summed E-state index contributed by atoms with van der Waals surface area (Å²) < 4.78 is 5.03. The van der Waals surface area contributed by atoms with Gasteiger partial charge in [0.1, 0.15) is 0 Å². The van der Waals surface area contributed by atoms with E-state index < -0.39 is 0 Å². The molecule has 0 aliphatic rings. The molecule has 0 unspecified atom stereocenters. The van der Waals surface area contributed by atoms with Gasteiger partial charge in [-0.1, -0.05) is 47.1 Å². The van der Waals surface area contributed by atoms with Crippen LogP contribution >= 0.6 is 35.0 Å². The highest BCUT2D eigenvalue weighted by molar-refractivity contribution is 7.99. The van der Waals surface area contributed by atoms with Crippen molar-refractivity contribution in [2.75, 3.05) is 20.3 Å². The number of rotatable bonds is 7. The number of halogens is 2. The van der Waals surface area contributed by atoms with E-state index >= 15 is 0 Å². The summed E-state index contributed by atoms with van der Waals surface area (Å²) in [4.78, 5) is 2.19. The Balaban J connectivity index is 2.13. The Bertz CT molecular complexity index is 592. The fourth-order valence-corrected chi connectivity index (χ4v) is 3.22. The zero-order chi connectivity index (χ0) is 15.1. The van der Waals surface area contributed by atoms with Crippen LogP contribution in [0.25, 0.3) is 0 Å². The Morgan fingerprint density at radius 2 is 1.90 bits per heavy atom. The second-order valence-corrected chi connectivity index (χ2v) is 6.38. The maximum atomic E-state index is 6.22. The zero-order valence-corrected chi connectivity index (χ0v) is 14.1. The number of hydrogen-bond acceptors (Lipinski definition) is 3. The predicted molar refractivity (Wildman–Crippen MR) is 90.6 cm³/mol. The summed E-state index contributed by atoms with van der Waals surface area (Å²) >= 11 is 14.0. The van der Waals surface area contributed by atoms with E-state index in [-0.39, 0.29) is 0 Å². The minimum Gasteiger partial charge on any atom is -0.383 e. The first-order valence-electron chi connectivity index (χ1n) is 6.61. The van der Waals surface area contributed by atoms with Gasteiger partial charge in [0.05, 0.1) is 11.6 Å². The van der Waals surface area contributed by atoms with Crippen LogP contribution < -0.4 is 5.32 Å². The van der Waals surface area contributed by atoms with Crippen molar-refractivity contribution in [2.24, 2.45) is 0 Å². The average molecular weight is 342 g/mol. The van der Waals surface area contributed by atoms with E-state index in [0.717, 1.165) is 38.5 Å². The van der Waals surface area contributed by atoms with Gasteiger partial charge in [0.15, 0.2) is 0 Å². The van der Waals surface area contributed by atoms with Gasteiger partial charge in [0.2, 0.25) is 0 Å². The second kappa shape index (κ2) is 8.66. The summed E-state index contributed by atoms with van der Waals surface area (Å²) in [5.41, 5.74) is 1.16. The second-order valence-electron chi connectivity index (χ2n) is 4.45. The standard InChI is InChI=1S/C16H17Cl2NOS/c1-20-9-8-19-11-12-10-13(17)6-7-15(12)21-16-5-3-2-4-14(16)18/h2-7,10,19H,8-9,11H2,1H3. The molecule has 0 saturated carbocycles. The van der Waals surface area contributed by atoms with E-state index in [1.807, 2.05) is 42.5 Å². The monoisotopic (exact) mass is 341 g/mol. The lowest BCUT2D eigenvalue weighted by Gasteiger charge is -2.11. The van der Waals surface area contributed by atoms with Crippen LogP contribution in [0.1, 0.15) is 5.56 Å². The van der Waals surface area contributed by atoms with Gasteiger partial charge in [-0.05, 0) is 35.9 Å². The van der Waals surface area contributed by atoms with Crippen LogP contribution in [-0.2, 0) is 11.3 Å². The molecular formula is C16H17Cl2NOS. The summed E-state index contributed by atoms with van der Waals surface area (Å²) in [5.74, 6) is 0. The molecule has 0 aromatic heterocycles. The molecule has 0 amide bonds. The van der Waals surface area contributed by atoms with Crippen molar-refractivity contribution in [3.8, 4) is 0 Å². The van der Waals surface area contributed by atoms with Gasteiger partial charge in [0, 0.05) is 35.0 Å². The number of ether oxygens (including phenoxy) is 1. The lowest BCUT2D eigenvalue weighted by atomic mass is 10.2. The molecular weight excluding hydrogens is 325 g/mol. The van der Waals surface area contributed by atoms with Gasteiger partial charge in [-0.25, -0.2) is 0 Å². The van der Waals surface area contributed by atoms with E-state index in [2.05, 4.69) is 5.32 Å². The SMILES string of the molecule is COCCNCc1cc(Cl)ccc1Sc1ccccc1Cl. The van der Waals surface area contributed by atoms with E-state index in [1.165, 1.54) is 0 Å². The third-order valence-electron chi connectivity index (χ3n) is 2.88. The molecule has 2 rings (SSSR count). The Labute approximate surface area is 139 Å². The van der Waals surface area contributed by atoms with Gasteiger partial charge in [0.25, 0.3) is 0 Å². The first-order chi connectivity index (χ1) is 10.2.